The zero-order chi connectivity index (χ0) is 25.1. The Kier molecular flexibility index (Phi) is 10.6. The summed E-state index contributed by atoms with van der Waals surface area (Å²) >= 11 is 0. The van der Waals surface area contributed by atoms with Crippen LogP contribution in [0.15, 0.2) is 42.5 Å². The number of hydrogen-bond acceptors (Lipinski definition) is 6. The quantitative estimate of drug-likeness (QED) is 0.390. The molecule has 0 heterocycles. The van der Waals surface area contributed by atoms with Crippen molar-refractivity contribution in [2.24, 2.45) is 5.92 Å². The van der Waals surface area contributed by atoms with E-state index in [2.05, 4.69) is 10.0 Å². The van der Waals surface area contributed by atoms with Crippen molar-refractivity contribution in [3.05, 3.63) is 53.8 Å². The van der Waals surface area contributed by atoms with Crippen LogP contribution < -0.4 is 24.2 Å². The molecule has 0 saturated heterocycles. The van der Waals surface area contributed by atoms with Crippen molar-refractivity contribution in [3.63, 3.8) is 0 Å². The predicted molar refractivity (Wildman–Crippen MR) is 128 cm³/mol. The van der Waals surface area contributed by atoms with E-state index in [0.717, 1.165) is 5.56 Å². The number of amides is 1. The lowest BCUT2D eigenvalue weighted by Crippen LogP contribution is -2.50. The van der Waals surface area contributed by atoms with Gasteiger partial charge in [0.2, 0.25) is 15.9 Å². The van der Waals surface area contributed by atoms with Gasteiger partial charge in [0.25, 0.3) is 0 Å². The van der Waals surface area contributed by atoms with Crippen molar-refractivity contribution in [2.45, 2.75) is 33.2 Å². The lowest BCUT2D eigenvalue weighted by atomic mass is 10.0. The molecule has 1 unspecified atom stereocenters. The van der Waals surface area contributed by atoms with E-state index < -0.39 is 16.1 Å². The van der Waals surface area contributed by atoms with Gasteiger partial charge >= 0.3 is 0 Å². The second-order valence-electron chi connectivity index (χ2n) is 7.89. The van der Waals surface area contributed by atoms with Gasteiger partial charge in [-0.2, -0.15) is 0 Å². The zero-order valence-electron chi connectivity index (χ0n) is 20.0. The molecule has 8 nitrogen and oxygen atoms in total. The molecule has 10 heteroatoms. The second kappa shape index (κ2) is 13.1. The van der Waals surface area contributed by atoms with Crippen LogP contribution in [-0.2, 0) is 21.2 Å². The third-order valence-electron chi connectivity index (χ3n) is 5.00. The number of sulfonamides is 1. The van der Waals surface area contributed by atoms with Gasteiger partial charge in [0.1, 0.15) is 30.8 Å². The van der Waals surface area contributed by atoms with Crippen molar-refractivity contribution in [2.75, 3.05) is 32.6 Å². The summed E-state index contributed by atoms with van der Waals surface area (Å²) in [4.78, 5) is 12.6. The van der Waals surface area contributed by atoms with Crippen LogP contribution in [0, 0.1) is 11.7 Å². The third-order valence-corrected chi connectivity index (χ3v) is 6.37. The van der Waals surface area contributed by atoms with Crippen LogP contribution in [-0.4, -0.2) is 53.0 Å². The van der Waals surface area contributed by atoms with Crippen molar-refractivity contribution in [3.8, 4) is 17.2 Å². The number of methoxy groups -OCH3 is 1. The van der Waals surface area contributed by atoms with Gasteiger partial charge in [-0.05, 0) is 43.0 Å². The molecule has 188 valence electrons. The Morgan fingerprint density at radius 1 is 1.09 bits per heavy atom. The van der Waals surface area contributed by atoms with Crippen LogP contribution in [0.25, 0.3) is 0 Å². The summed E-state index contributed by atoms with van der Waals surface area (Å²) in [6.07, 6.45) is 0.456. The highest BCUT2D eigenvalue weighted by molar-refractivity contribution is 7.89. The Hall–Kier alpha value is -2.85. The minimum Gasteiger partial charge on any atom is -0.493 e. The van der Waals surface area contributed by atoms with Gasteiger partial charge in [0, 0.05) is 12.6 Å². The molecule has 0 saturated carbocycles. The van der Waals surface area contributed by atoms with Gasteiger partial charge < -0.3 is 19.5 Å². The van der Waals surface area contributed by atoms with E-state index in [9.17, 15) is 17.6 Å². The Labute approximate surface area is 200 Å². The third kappa shape index (κ3) is 8.49. The molecule has 2 aromatic rings. The molecule has 0 aliphatic heterocycles. The lowest BCUT2D eigenvalue weighted by molar-refractivity contribution is -0.123. The van der Waals surface area contributed by atoms with Crippen molar-refractivity contribution < 1.29 is 31.8 Å². The molecule has 0 aliphatic rings. The minimum atomic E-state index is -3.51. The SMILES string of the molecule is CCS(=O)(=O)NC(C(=O)NCCc1cccc(OCCOc2cccc(F)c2)c1OC)C(C)C. The fourth-order valence-corrected chi connectivity index (χ4v) is 4.10. The smallest absolute Gasteiger partial charge is 0.238 e. The number of rotatable bonds is 14. The molecule has 0 aromatic heterocycles. The average Bonchev–Trinajstić information content (AvgIpc) is 2.80. The molecular weight excluding hydrogens is 463 g/mol. The standard InChI is InChI=1S/C24H33FN2O6S/c1-5-34(29,30)27-22(17(2)3)24(28)26-13-12-18-8-6-11-21(23(18)31-4)33-15-14-32-20-10-7-9-19(25)16-20/h6-11,16-17,22,27H,5,12-15H2,1-4H3,(H,26,28). The largest absolute Gasteiger partial charge is 0.493 e. The van der Waals surface area contributed by atoms with E-state index in [1.807, 2.05) is 12.1 Å². The van der Waals surface area contributed by atoms with Crippen LogP contribution in [0.1, 0.15) is 26.3 Å². The van der Waals surface area contributed by atoms with E-state index in [0.29, 0.717) is 30.2 Å². The van der Waals surface area contributed by atoms with E-state index >= 15 is 0 Å². The fraction of sp³-hybridized carbons (Fsp3) is 0.458. The van der Waals surface area contributed by atoms with Crippen molar-refractivity contribution in [1.29, 1.82) is 0 Å². The second-order valence-corrected chi connectivity index (χ2v) is 9.93. The predicted octanol–water partition coefficient (Wildman–Crippen LogP) is 2.91. The van der Waals surface area contributed by atoms with Gasteiger partial charge in [-0.1, -0.05) is 32.0 Å². The number of nitrogens with one attached hydrogen (secondary N) is 2. The minimum absolute atomic E-state index is 0.0965. The summed E-state index contributed by atoms with van der Waals surface area (Å²) in [5, 5.41) is 2.79. The van der Waals surface area contributed by atoms with Crippen LogP contribution in [0.2, 0.25) is 0 Å². The van der Waals surface area contributed by atoms with Crippen LogP contribution in [0.5, 0.6) is 17.2 Å². The number of ether oxygens (including phenoxy) is 3. The van der Waals surface area contributed by atoms with Gasteiger partial charge in [-0.25, -0.2) is 17.5 Å². The maximum atomic E-state index is 13.2. The molecule has 0 aliphatic carbocycles. The number of hydrogen-bond donors (Lipinski definition) is 2. The molecule has 1 atom stereocenters. The monoisotopic (exact) mass is 496 g/mol. The highest BCUT2D eigenvalue weighted by atomic mass is 32.2. The van der Waals surface area contributed by atoms with Gasteiger partial charge in [-0.3, -0.25) is 4.79 Å². The van der Waals surface area contributed by atoms with Gasteiger partial charge in [0.15, 0.2) is 11.5 Å². The molecule has 34 heavy (non-hydrogen) atoms. The topological polar surface area (TPSA) is 103 Å². The zero-order valence-corrected chi connectivity index (χ0v) is 20.8. The first-order valence-corrected chi connectivity index (χ1v) is 12.8. The fourth-order valence-electron chi connectivity index (χ4n) is 3.17. The Morgan fingerprint density at radius 2 is 1.79 bits per heavy atom. The maximum absolute atomic E-state index is 13.2. The first-order valence-electron chi connectivity index (χ1n) is 11.1. The molecule has 2 rings (SSSR count). The molecular formula is C24H33FN2O6S. The van der Waals surface area contributed by atoms with Crippen LogP contribution >= 0.6 is 0 Å². The van der Waals surface area contributed by atoms with Crippen molar-refractivity contribution in [1.82, 2.24) is 10.0 Å². The first kappa shape index (κ1) is 27.4. The van der Waals surface area contributed by atoms with Crippen molar-refractivity contribution >= 4 is 15.9 Å². The summed E-state index contributed by atoms with van der Waals surface area (Å²) in [7, 11) is -1.98. The average molecular weight is 497 g/mol. The summed E-state index contributed by atoms with van der Waals surface area (Å²) in [5.74, 6) is 0.416. The Balaban J connectivity index is 1.92. The van der Waals surface area contributed by atoms with E-state index in [4.69, 9.17) is 14.2 Å². The molecule has 2 aromatic carbocycles. The molecule has 0 bridgehead atoms. The van der Waals surface area contributed by atoms with Crippen LogP contribution in [0.4, 0.5) is 4.39 Å². The number of benzene rings is 2. The van der Waals surface area contributed by atoms with Gasteiger partial charge in [0.05, 0.1) is 12.9 Å². The summed E-state index contributed by atoms with van der Waals surface area (Å²) in [5.41, 5.74) is 0.821. The Bertz CT molecular complexity index is 1050. The van der Waals surface area contributed by atoms with E-state index in [1.54, 1.807) is 32.0 Å². The van der Waals surface area contributed by atoms with E-state index in [1.165, 1.54) is 26.2 Å². The molecule has 2 N–H and O–H groups in total. The molecule has 1 amide bonds. The summed E-state index contributed by atoms with van der Waals surface area (Å²) < 4.78 is 56.2. The van der Waals surface area contributed by atoms with Crippen LogP contribution in [0.3, 0.4) is 0 Å². The number of carbonyl (C=O) groups is 1. The highest BCUT2D eigenvalue weighted by Crippen LogP contribution is 2.31. The lowest BCUT2D eigenvalue weighted by Gasteiger charge is -2.21. The Morgan fingerprint density at radius 3 is 2.44 bits per heavy atom. The number of halogens is 1. The first-order chi connectivity index (χ1) is 16.2. The number of carbonyl (C=O) groups excluding carboxylic acids is 1. The molecule has 0 spiro atoms. The van der Waals surface area contributed by atoms with Gasteiger partial charge in [-0.15, -0.1) is 0 Å². The van der Waals surface area contributed by atoms with E-state index in [-0.39, 0.29) is 36.6 Å². The number of para-hydroxylation sites is 1. The molecule has 0 radical (unpaired) electrons. The summed E-state index contributed by atoms with van der Waals surface area (Å²) in [6, 6.07) is 10.5. The highest BCUT2D eigenvalue weighted by Gasteiger charge is 2.26. The molecule has 0 fully saturated rings. The summed E-state index contributed by atoms with van der Waals surface area (Å²) in [6.45, 7) is 5.82. The normalized spacial score (nSPS) is 12.3. The maximum Gasteiger partial charge on any atom is 0.238 e.